The van der Waals surface area contributed by atoms with E-state index in [2.05, 4.69) is 19.9 Å². The summed E-state index contributed by atoms with van der Waals surface area (Å²) in [5.74, 6) is 1.72. The maximum absolute atomic E-state index is 12.7. The van der Waals surface area contributed by atoms with Gasteiger partial charge in [-0.1, -0.05) is 25.5 Å². The zero-order chi connectivity index (χ0) is 16.4. The van der Waals surface area contributed by atoms with Crippen molar-refractivity contribution in [1.82, 2.24) is 0 Å². The molecule has 0 aromatic heterocycles. The average Bonchev–Trinajstić information content (AvgIpc) is 2.79. The van der Waals surface area contributed by atoms with Crippen molar-refractivity contribution in [2.75, 3.05) is 6.61 Å². The molecule has 0 aromatic carbocycles. The summed E-state index contributed by atoms with van der Waals surface area (Å²) < 4.78 is 0. The Morgan fingerprint density at radius 3 is 2.74 bits per heavy atom. The number of aliphatic hydroxyl groups excluding tert-OH is 1. The number of hydrogen-bond acceptors (Lipinski definition) is 3. The summed E-state index contributed by atoms with van der Waals surface area (Å²) >= 11 is 0. The Kier molecular flexibility index (Phi) is 3.26. The molecule has 3 nitrogen and oxygen atoms in total. The van der Waals surface area contributed by atoms with Gasteiger partial charge in [0.25, 0.3) is 0 Å². The van der Waals surface area contributed by atoms with E-state index >= 15 is 0 Å². The van der Waals surface area contributed by atoms with E-state index in [1.165, 1.54) is 5.57 Å². The van der Waals surface area contributed by atoms with Crippen molar-refractivity contribution in [2.24, 2.45) is 34.5 Å². The molecule has 4 aliphatic rings. The van der Waals surface area contributed by atoms with Crippen LogP contribution >= 0.6 is 0 Å². The zero-order valence-corrected chi connectivity index (χ0v) is 14.0. The smallest absolute Gasteiger partial charge is 0.178 e. The maximum atomic E-state index is 12.7. The molecule has 4 aliphatic carbocycles. The molecule has 4 rings (SSSR count). The number of fused-ring (bicyclic) bond motifs is 5. The van der Waals surface area contributed by atoms with Crippen LogP contribution in [0.15, 0.2) is 23.8 Å². The average molecular weight is 314 g/mol. The van der Waals surface area contributed by atoms with E-state index in [1.54, 1.807) is 6.08 Å². The Balaban J connectivity index is 1.70. The first kappa shape index (κ1) is 15.3. The number of carbonyl (C=O) groups excluding carboxylic acids is 2. The van der Waals surface area contributed by atoms with Crippen LogP contribution in [0.3, 0.4) is 0 Å². The number of aliphatic hydroxyl groups is 1. The van der Waals surface area contributed by atoms with Gasteiger partial charge >= 0.3 is 0 Å². The molecule has 0 aliphatic heterocycles. The molecule has 3 heteroatoms. The van der Waals surface area contributed by atoms with E-state index in [9.17, 15) is 14.7 Å². The third-order valence-electron chi connectivity index (χ3n) is 7.64. The van der Waals surface area contributed by atoms with E-state index in [1.807, 2.05) is 6.08 Å². The van der Waals surface area contributed by atoms with Gasteiger partial charge in [0.2, 0.25) is 0 Å². The van der Waals surface area contributed by atoms with E-state index in [4.69, 9.17) is 0 Å². The second kappa shape index (κ2) is 4.89. The number of Topliss-reactive ketones (excluding diaryl/α,β-unsaturated/α-hetero) is 1. The molecule has 0 bridgehead atoms. The van der Waals surface area contributed by atoms with Gasteiger partial charge < -0.3 is 5.11 Å². The highest BCUT2D eigenvalue weighted by Crippen LogP contribution is 2.64. The molecule has 124 valence electrons. The summed E-state index contributed by atoms with van der Waals surface area (Å²) in [6, 6.07) is 0. The number of carbonyl (C=O) groups is 2. The first-order chi connectivity index (χ1) is 10.9. The van der Waals surface area contributed by atoms with Crippen molar-refractivity contribution in [3.63, 3.8) is 0 Å². The van der Waals surface area contributed by atoms with Crippen LogP contribution in [-0.4, -0.2) is 23.3 Å². The molecule has 0 aromatic rings. The van der Waals surface area contributed by atoms with Crippen molar-refractivity contribution in [2.45, 2.75) is 46.0 Å². The topological polar surface area (TPSA) is 54.4 Å². The lowest BCUT2D eigenvalue weighted by atomic mass is 9.48. The van der Waals surface area contributed by atoms with Gasteiger partial charge in [-0.25, -0.2) is 0 Å². The predicted octanol–water partition coefficient (Wildman–Crippen LogP) is 3.08. The van der Waals surface area contributed by atoms with Crippen molar-refractivity contribution >= 4 is 11.6 Å². The van der Waals surface area contributed by atoms with Gasteiger partial charge in [-0.15, -0.1) is 0 Å². The summed E-state index contributed by atoms with van der Waals surface area (Å²) in [5, 5.41) is 9.58. The number of allylic oxidation sites excluding steroid dienone is 4. The van der Waals surface area contributed by atoms with Crippen molar-refractivity contribution in [3.8, 4) is 0 Å². The fourth-order valence-electron chi connectivity index (χ4n) is 6.30. The third-order valence-corrected chi connectivity index (χ3v) is 7.64. The molecule has 1 N–H and O–H groups in total. The van der Waals surface area contributed by atoms with Gasteiger partial charge in [-0.3, -0.25) is 9.59 Å². The molecule has 0 spiro atoms. The van der Waals surface area contributed by atoms with E-state index in [-0.39, 0.29) is 29.1 Å². The van der Waals surface area contributed by atoms with Crippen LogP contribution in [0.2, 0.25) is 0 Å². The summed E-state index contributed by atoms with van der Waals surface area (Å²) in [5.41, 5.74) is 1.04. The molecular formula is C20H26O3. The highest BCUT2D eigenvalue weighted by molar-refractivity contribution is 6.01. The number of ketones is 2. The number of hydrogen-bond donors (Lipinski definition) is 1. The van der Waals surface area contributed by atoms with Gasteiger partial charge in [0.15, 0.2) is 5.78 Å². The Bertz CT molecular complexity index is 631. The standard InChI is InChI=1S/C20H26O3/c1-19-7-5-14(22)10-13(19)3-4-15-16(19)6-8-20(2)17(15)9-12(11-21)18(20)23/h5,7,10,12,15-17,21H,3-4,6,8-9,11H2,1-2H3/t12?,15-,16+,17+,19+,20+/m1/s1. The van der Waals surface area contributed by atoms with Gasteiger partial charge in [0.05, 0.1) is 6.61 Å². The SMILES string of the molecule is C[C@]12C=CC(=O)C=C1CC[C@@H]1[C@@H]2CC[C@]2(C)C(=O)C(CO)C[C@@H]12. The lowest BCUT2D eigenvalue weighted by Crippen LogP contribution is -2.49. The fourth-order valence-corrected chi connectivity index (χ4v) is 6.30. The molecule has 23 heavy (non-hydrogen) atoms. The Morgan fingerprint density at radius 1 is 1.22 bits per heavy atom. The highest BCUT2D eigenvalue weighted by Gasteiger charge is 2.60. The molecule has 0 amide bonds. The molecule has 1 unspecified atom stereocenters. The van der Waals surface area contributed by atoms with Crippen LogP contribution in [0, 0.1) is 34.5 Å². The van der Waals surface area contributed by atoms with Crippen LogP contribution < -0.4 is 0 Å². The first-order valence-corrected chi connectivity index (χ1v) is 8.99. The second-order valence-corrected chi connectivity index (χ2v) is 8.54. The third kappa shape index (κ3) is 1.92. The van der Waals surface area contributed by atoms with E-state index < -0.39 is 0 Å². The molecule has 3 fully saturated rings. The largest absolute Gasteiger partial charge is 0.396 e. The Labute approximate surface area is 137 Å². The van der Waals surface area contributed by atoms with E-state index in [0.717, 1.165) is 32.1 Å². The lowest BCUT2D eigenvalue weighted by Gasteiger charge is -2.55. The maximum Gasteiger partial charge on any atom is 0.178 e. The van der Waals surface area contributed by atoms with Crippen LogP contribution in [0.25, 0.3) is 0 Å². The Hall–Kier alpha value is -1.22. The molecule has 3 saturated carbocycles. The molecular weight excluding hydrogens is 288 g/mol. The minimum absolute atomic E-state index is 0.000858. The summed E-state index contributed by atoms with van der Waals surface area (Å²) in [6.45, 7) is 4.42. The van der Waals surface area contributed by atoms with Crippen molar-refractivity contribution < 1.29 is 14.7 Å². The van der Waals surface area contributed by atoms with Gasteiger partial charge in [0.1, 0.15) is 5.78 Å². The number of rotatable bonds is 1. The molecule has 0 saturated heterocycles. The fraction of sp³-hybridized carbons (Fsp3) is 0.700. The summed E-state index contributed by atoms with van der Waals surface area (Å²) in [4.78, 5) is 24.5. The van der Waals surface area contributed by atoms with Gasteiger partial charge in [-0.2, -0.15) is 0 Å². The van der Waals surface area contributed by atoms with Crippen LogP contribution in [0.4, 0.5) is 0 Å². The highest BCUT2D eigenvalue weighted by atomic mass is 16.3. The van der Waals surface area contributed by atoms with E-state index in [0.29, 0.717) is 23.5 Å². The summed E-state index contributed by atoms with van der Waals surface area (Å²) in [6.07, 6.45) is 10.6. The monoisotopic (exact) mass is 314 g/mol. The molecule has 6 atom stereocenters. The molecule has 0 radical (unpaired) electrons. The van der Waals surface area contributed by atoms with Crippen LogP contribution in [-0.2, 0) is 9.59 Å². The van der Waals surface area contributed by atoms with Crippen molar-refractivity contribution in [1.29, 1.82) is 0 Å². The van der Waals surface area contributed by atoms with Gasteiger partial charge in [-0.05, 0) is 62.0 Å². The minimum Gasteiger partial charge on any atom is -0.396 e. The van der Waals surface area contributed by atoms with Crippen LogP contribution in [0.5, 0.6) is 0 Å². The predicted molar refractivity (Wildman–Crippen MR) is 87.6 cm³/mol. The zero-order valence-electron chi connectivity index (χ0n) is 14.0. The first-order valence-electron chi connectivity index (χ1n) is 8.99. The second-order valence-electron chi connectivity index (χ2n) is 8.54. The quantitative estimate of drug-likeness (QED) is 0.809. The lowest BCUT2D eigenvalue weighted by molar-refractivity contribution is -0.134. The Morgan fingerprint density at radius 2 is 2.00 bits per heavy atom. The minimum atomic E-state index is -0.236. The van der Waals surface area contributed by atoms with Crippen molar-refractivity contribution in [3.05, 3.63) is 23.8 Å². The van der Waals surface area contributed by atoms with Crippen LogP contribution in [0.1, 0.15) is 46.0 Å². The normalized spacial score (nSPS) is 48.6. The molecule has 0 heterocycles. The van der Waals surface area contributed by atoms with Gasteiger partial charge in [0, 0.05) is 16.7 Å². The summed E-state index contributed by atoms with van der Waals surface area (Å²) in [7, 11) is 0.